The van der Waals surface area contributed by atoms with E-state index in [4.69, 9.17) is 20.2 Å². The highest BCUT2D eigenvalue weighted by atomic mass is 16.5. The topological polar surface area (TPSA) is 73.5 Å². The van der Waals surface area contributed by atoms with Crippen LogP contribution < -0.4 is 10.6 Å². The summed E-state index contributed by atoms with van der Waals surface area (Å²) >= 11 is 0. The van der Waals surface area contributed by atoms with Gasteiger partial charge in [0, 0.05) is 38.6 Å². The van der Waals surface area contributed by atoms with Gasteiger partial charge in [-0.25, -0.2) is 9.97 Å². The number of anilines is 1. The van der Waals surface area contributed by atoms with E-state index >= 15 is 0 Å². The molecule has 1 saturated heterocycles. The fourth-order valence-electron chi connectivity index (χ4n) is 2.92. The van der Waals surface area contributed by atoms with Gasteiger partial charge in [-0.1, -0.05) is 12.1 Å². The first kappa shape index (κ1) is 16.1. The standard InChI is InChI=1S/C17H24N4O2/c1-22-10-7-13-12-21(9-11-23-13)17-14-4-2-3-5-15(14)19-16(20-17)6-8-18/h2-5,13H,6-12,18H2,1H3/t13-/m1/s1. The highest BCUT2D eigenvalue weighted by Gasteiger charge is 2.23. The fourth-order valence-corrected chi connectivity index (χ4v) is 2.92. The van der Waals surface area contributed by atoms with E-state index in [0.29, 0.717) is 26.2 Å². The maximum absolute atomic E-state index is 5.84. The van der Waals surface area contributed by atoms with Gasteiger partial charge in [-0.3, -0.25) is 0 Å². The number of rotatable bonds is 6. The van der Waals surface area contributed by atoms with Crippen molar-refractivity contribution in [2.75, 3.05) is 44.9 Å². The molecule has 6 nitrogen and oxygen atoms in total. The first-order valence-electron chi connectivity index (χ1n) is 8.13. The molecule has 1 fully saturated rings. The van der Waals surface area contributed by atoms with Gasteiger partial charge < -0.3 is 20.1 Å². The molecule has 2 N–H and O–H groups in total. The van der Waals surface area contributed by atoms with Crippen molar-refractivity contribution in [2.24, 2.45) is 5.73 Å². The monoisotopic (exact) mass is 316 g/mol. The molecule has 0 bridgehead atoms. The Kier molecular flexibility index (Phi) is 5.38. The molecule has 1 aromatic carbocycles. The van der Waals surface area contributed by atoms with Crippen LogP contribution in [-0.2, 0) is 15.9 Å². The van der Waals surface area contributed by atoms with E-state index in [2.05, 4.69) is 16.0 Å². The number of hydrogen-bond donors (Lipinski definition) is 1. The third kappa shape index (κ3) is 3.77. The van der Waals surface area contributed by atoms with Crippen LogP contribution in [0.15, 0.2) is 24.3 Å². The molecule has 1 atom stereocenters. The SMILES string of the molecule is COCC[C@@H]1CN(c2nc(CCN)nc3ccccc23)CCO1. The number of aromatic nitrogens is 2. The lowest BCUT2D eigenvalue weighted by atomic mass is 10.1. The first-order valence-corrected chi connectivity index (χ1v) is 8.13. The van der Waals surface area contributed by atoms with Crippen LogP contribution >= 0.6 is 0 Å². The molecule has 1 aliphatic rings. The lowest BCUT2D eigenvalue weighted by Gasteiger charge is -2.34. The van der Waals surface area contributed by atoms with Crippen LogP contribution in [-0.4, -0.2) is 56.0 Å². The summed E-state index contributed by atoms with van der Waals surface area (Å²) in [5.74, 6) is 1.80. The summed E-state index contributed by atoms with van der Waals surface area (Å²) in [6, 6.07) is 8.15. The van der Waals surface area contributed by atoms with E-state index in [1.807, 2.05) is 18.2 Å². The lowest BCUT2D eigenvalue weighted by molar-refractivity contribution is 0.0190. The number of methoxy groups -OCH3 is 1. The Morgan fingerprint density at radius 3 is 3.04 bits per heavy atom. The highest BCUT2D eigenvalue weighted by molar-refractivity contribution is 5.89. The van der Waals surface area contributed by atoms with Crippen molar-refractivity contribution in [3.05, 3.63) is 30.1 Å². The van der Waals surface area contributed by atoms with Crippen LogP contribution in [0.4, 0.5) is 5.82 Å². The molecule has 1 aromatic heterocycles. The van der Waals surface area contributed by atoms with E-state index in [1.165, 1.54) is 0 Å². The largest absolute Gasteiger partial charge is 0.385 e. The van der Waals surface area contributed by atoms with Crippen LogP contribution in [0.5, 0.6) is 0 Å². The molecule has 0 unspecified atom stereocenters. The number of nitrogens with zero attached hydrogens (tertiary/aromatic N) is 3. The van der Waals surface area contributed by atoms with E-state index < -0.39 is 0 Å². The number of fused-ring (bicyclic) bond motifs is 1. The quantitative estimate of drug-likeness (QED) is 0.868. The molecule has 2 heterocycles. The van der Waals surface area contributed by atoms with Crippen LogP contribution in [0.1, 0.15) is 12.2 Å². The molecule has 0 amide bonds. The summed E-state index contributed by atoms with van der Waals surface area (Å²) in [6.45, 7) is 3.64. The Balaban J connectivity index is 1.90. The van der Waals surface area contributed by atoms with Gasteiger partial charge in [-0.05, 0) is 25.1 Å². The highest BCUT2D eigenvalue weighted by Crippen LogP contribution is 2.26. The van der Waals surface area contributed by atoms with Gasteiger partial charge in [0.05, 0.1) is 18.2 Å². The molecule has 0 aliphatic carbocycles. The molecule has 0 radical (unpaired) electrons. The van der Waals surface area contributed by atoms with Crippen molar-refractivity contribution in [1.82, 2.24) is 9.97 Å². The van der Waals surface area contributed by atoms with Gasteiger partial charge in [-0.2, -0.15) is 0 Å². The third-order valence-electron chi connectivity index (χ3n) is 4.08. The Bertz CT molecular complexity index is 650. The average molecular weight is 316 g/mol. The molecular formula is C17H24N4O2. The molecule has 1 aliphatic heterocycles. The number of benzene rings is 1. The first-order chi connectivity index (χ1) is 11.3. The van der Waals surface area contributed by atoms with Gasteiger partial charge in [0.25, 0.3) is 0 Å². The van der Waals surface area contributed by atoms with Crippen LogP contribution in [0.3, 0.4) is 0 Å². The average Bonchev–Trinajstić information content (AvgIpc) is 2.60. The van der Waals surface area contributed by atoms with Crippen molar-refractivity contribution in [3.8, 4) is 0 Å². The molecule has 23 heavy (non-hydrogen) atoms. The number of hydrogen-bond acceptors (Lipinski definition) is 6. The number of para-hydroxylation sites is 1. The number of ether oxygens (including phenoxy) is 2. The van der Waals surface area contributed by atoms with Crippen molar-refractivity contribution in [2.45, 2.75) is 18.9 Å². The Morgan fingerprint density at radius 1 is 1.35 bits per heavy atom. The molecule has 6 heteroatoms. The third-order valence-corrected chi connectivity index (χ3v) is 4.08. The van der Waals surface area contributed by atoms with E-state index in [-0.39, 0.29) is 6.10 Å². The van der Waals surface area contributed by atoms with Crippen molar-refractivity contribution >= 4 is 16.7 Å². The van der Waals surface area contributed by atoms with Crippen LogP contribution in [0.2, 0.25) is 0 Å². The molecule has 0 saturated carbocycles. The van der Waals surface area contributed by atoms with Gasteiger partial charge in [0.1, 0.15) is 11.6 Å². The molecule has 124 valence electrons. The predicted molar refractivity (Wildman–Crippen MR) is 90.7 cm³/mol. The zero-order chi connectivity index (χ0) is 16.1. The van der Waals surface area contributed by atoms with Gasteiger partial charge in [-0.15, -0.1) is 0 Å². The zero-order valence-electron chi connectivity index (χ0n) is 13.6. The summed E-state index contributed by atoms with van der Waals surface area (Å²) in [4.78, 5) is 11.7. The van der Waals surface area contributed by atoms with Crippen molar-refractivity contribution in [3.63, 3.8) is 0 Å². The van der Waals surface area contributed by atoms with E-state index in [9.17, 15) is 0 Å². The zero-order valence-corrected chi connectivity index (χ0v) is 13.6. The molecule has 0 spiro atoms. The van der Waals surface area contributed by atoms with E-state index in [0.717, 1.165) is 42.1 Å². The molecule has 3 rings (SSSR count). The predicted octanol–water partition coefficient (Wildman–Crippen LogP) is 1.37. The summed E-state index contributed by atoms with van der Waals surface area (Å²) in [6.07, 6.45) is 1.76. The molecular weight excluding hydrogens is 292 g/mol. The van der Waals surface area contributed by atoms with Crippen molar-refractivity contribution in [1.29, 1.82) is 0 Å². The molecule has 2 aromatic rings. The van der Waals surface area contributed by atoms with Crippen LogP contribution in [0.25, 0.3) is 10.9 Å². The van der Waals surface area contributed by atoms with E-state index in [1.54, 1.807) is 7.11 Å². The lowest BCUT2D eigenvalue weighted by Crippen LogP contribution is -2.43. The maximum Gasteiger partial charge on any atom is 0.140 e. The van der Waals surface area contributed by atoms with Crippen molar-refractivity contribution < 1.29 is 9.47 Å². The smallest absolute Gasteiger partial charge is 0.140 e. The van der Waals surface area contributed by atoms with Gasteiger partial charge in [0.2, 0.25) is 0 Å². The minimum Gasteiger partial charge on any atom is -0.385 e. The number of morpholine rings is 1. The minimum atomic E-state index is 0.176. The van der Waals surface area contributed by atoms with Gasteiger partial charge >= 0.3 is 0 Å². The summed E-state index contributed by atoms with van der Waals surface area (Å²) in [5, 5.41) is 1.08. The maximum atomic E-state index is 5.84. The summed E-state index contributed by atoms with van der Waals surface area (Å²) in [7, 11) is 1.72. The normalized spacial score (nSPS) is 18.5. The summed E-state index contributed by atoms with van der Waals surface area (Å²) in [5.41, 5.74) is 6.66. The fraction of sp³-hybridized carbons (Fsp3) is 0.529. The Morgan fingerprint density at radius 2 is 2.22 bits per heavy atom. The van der Waals surface area contributed by atoms with Gasteiger partial charge in [0.15, 0.2) is 0 Å². The second-order valence-electron chi connectivity index (χ2n) is 5.74. The summed E-state index contributed by atoms with van der Waals surface area (Å²) < 4.78 is 11.0. The Hall–Kier alpha value is -1.76. The van der Waals surface area contributed by atoms with Crippen LogP contribution in [0, 0.1) is 0 Å². The number of nitrogens with two attached hydrogens (primary N) is 1. The Labute approximate surface area is 136 Å². The second-order valence-corrected chi connectivity index (χ2v) is 5.74. The minimum absolute atomic E-state index is 0.176. The second kappa shape index (κ2) is 7.68.